The van der Waals surface area contributed by atoms with Crippen LogP contribution in [0.25, 0.3) is 0 Å². The van der Waals surface area contributed by atoms with E-state index in [9.17, 15) is 9.90 Å². The molecular formula is C13H19N3O2. The van der Waals surface area contributed by atoms with E-state index in [1.807, 2.05) is 25.1 Å². The van der Waals surface area contributed by atoms with E-state index in [0.29, 0.717) is 11.3 Å². The van der Waals surface area contributed by atoms with Crippen LogP contribution < -0.4 is 16.0 Å². The molecule has 1 aliphatic rings. The molecule has 5 nitrogen and oxygen atoms in total. The molecule has 1 aromatic rings. The lowest BCUT2D eigenvalue weighted by Gasteiger charge is -2.20. The fourth-order valence-electron chi connectivity index (χ4n) is 1.91. The smallest absolute Gasteiger partial charge is 0.253 e. The molecule has 18 heavy (non-hydrogen) atoms. The van der Waals surface area contributed by atoms with Gasteiger partial charge in [0.05, 0.1) is 17.7 Å². The van der Waals surface area contributed by atoms with Gasteiger partial charge in [-0.25, -0.2) is 0 Å². The normalized spacial score (nSPS) is 16.2. The SMILES string of the molecule is CN(C)c1ccc(N)cc1C(=O)NC1(CO)CC1. The Morgan fingerprint density at radius 1 is 1.50 bits per heavy atom. The highest BCUT2D eigenvalue weighted by Crippen LogP contribution is 2.35. The van der Waals surface area contributed by atoms with Crippen LogP contribution in [0.3, 0.4) is 0 Å². The number of hydrogen-bond donors (Lipinski definition) is 3. The first-order valence-corrected chi connectivity index (χ1v) is 5.98. The highest BCUT2D eigenvalue weighted by molar-refractivity contribution is 6.01. The minimum atomic E-state index is -0.411. The first-order valence-electron chi connectivity index (χ1n) is 5.98. The van der Waals surface area contributed by atoms with Gasteiger partial charge < -0.3 is 21.1 Å². The molecule has 0 spiro atoms. The summed E-state index contributed by atoms with van der Waals surface area (Å²) in [6.45, 7) is -0.0155. The maximum atomic E-state index is 12.2. The lowest BCUT2D eigenvalue weighted by atomic mass is 10.1. The van der Waals surface area contributed by atoms with Crippen LogP contribution in [0.1, 0.15) is 23.2 Å². The minimum absolute atomic E-state index is 0.0155. The predicted octanol–water partition coefficient (Wildman–Crippen LogP) is 0.589. The van der Waals surface area contributed by atoms with E-state index in [1.54, 1.807) is 12.1 Å². The van der Waals surface area contributed by atoms with Crippen molar-refractivity contribution in [3.63, 3.8) is 0 Å². The Morgan fingerprint density at radius 2 is 2.17 bits per heavy atom. The van der Waals surface area contributed by atoms with Gasteiger partial charge in [0.2, 0.25) is 0 Å². The van der Waals surface area contributed by atoms with E-state index in [-0.39, 0.29) is 12.5 Å². The van der Waals surface area contributed by atoms with Crippen molar-refractivity contribution < 1.29 is 9.90 Å². The van der Waals surface area contributed by atoms with E-state index in [2.05, 4.69) is 5.32 Å². The second-order valence-electron chi connectivity index (χ2n) is 5.06. The summed E-state index contributed by atoms with van der Waals surface area (Å²) in [6.07, 6.45) is 1.66. The van der Waals surface area contributed by atoms with Crippen LogP contribution in [0.2, 0.25) is 0 Å². The second-order valence-corrected chi connectivity index (χ2v) is 5.06. The maximum absolute atomic E-state index is 12.2. The van der Waals surface area contributed by atoms with Gasteiger partial charge in [-0.15, -0.1) is 0 Å². The average molecular weight is 249 g/mol. The Labute approximate surface area is 107 Å². The number of nitrogens with zero attached hydrogens (tertiary/aromatic N) is 1. The van der Waals surface area contributed by atoms with Gasteiger partial charge in [-0.1, -0.05) is 0 Å². The number of anilines is 2. The summed E-state index contributed by atoms with van der Waals surface area (Å²) in [5.74, 6) is -0.183. The van der Waals surface area contributed by atoms with Crippen molar-refractivity contribution >= 4 is 17.3 Å². The standard InChI is InChI=1S/C13H19N3O2/c1-16(2)11-4-3-9(14)7-10(11)12(18)15-13(8-17)5-6-13/h3-4,7,17H,5-6,8,14H2,1-2H3,(H,15,18). The van der Waals surface area contributed by atoms with Crippen LogP contribution in [-0.2, 0) is 0 Å². The minimum Gasteiger partial charge on any atom is -0.399 e. The number of aliphatic hydroxyl groups is 1. The van der Waals surface area contributed by atoms with Gasteiger partial charge in [0, 0.05) is 25.5 Å². The number of nitrogens with one attached hydrogen (secondary N) is 1. The molecule has 1 fully saturated rings. The third-order valence-electron chi connectivity index (χ3n) is 3.28. The highest BCUT2D eigenvalue weighted by atomic mass is 16.3. The summed E-state index contributed by atoms with van der Waals surface area (Å²) >= 11 is 0. The topological polar surface area (TPSA) is 78.6 Å². The molecular weight excluding hydrogens is 230 g/mol. The number of amides is 1. The summed E-state index contributed by atoms with van der Waals surface area (Å²) in [5, 5.41) is 12.1. The van der Waals surface area contributed by atoms with Gasteiger partial charge >= 0.3 is 0 Å². The predicted molar refractivity (Wildman–Crippen MR) is 71.7 cm³/mol. The largest absolute Gasteiger partial charge is 0.399 e. The summed E-state index contributed by atoms with van der Waals surface area (Å²) in [5.41, 5.74) is 7.23. The Morgan fingerprint density at radius 3 is 2.67 bits per heavy atom. The Hall–Kier alpha value is -1.75. The molecule has 1 aliphatic carbocycles. The molecule has 1 aromatic carbocycles. The fourth-order valence-corrected chi connectivity index (χ4v) is 1.91. The number of carbonyl (C=O) groups is 1. The van der Waals surface area contributed by atoms with Gasteiger partial charge in [0.15, 0.2) is 0 Å². The third kappa shape index (κ3) is 2.41. The van der Waals surface area contributed by atoms with Crippen molar-refractivity contribution in [2.75, 3.05) is 31.3 Å². The van der Waals surface area contributed by atoms with Crippen LogP contribution in [-0.4, -0.2) is 37.3 Å². The Kier molecular flexibility index (Phi) is 3.17. The average Bonchev–Trinajstić information content (AvgIpc) is 3.09. The zero-order chi connectivity index (χ0) is 13.3. The number of hydrogen-bond acceptors (Lipinski definition) is 4. The molecule has 0 atom stereocenters. The molecule has 98 valence electrons. The molecule has 0 aromatic heterocycles. The first kappa shape index (κ1) is 12.7. The van der Waals surface area contributed by atoms with Crippen molar-refractivity contribution in [2.45, 2.75) is 18.4 Å². The lowest BCUT2D eigenvalue weighted by molar-refractivity contribution is 0.0907. The summed E-state index contributed by atoms with van der Waals surface area (Å²) in [7, 11) is 3.75. The molecule has 1 saturated carbocycles. The van der Waals surface area contributed by atoms with Gasteiger partial charge in [0.1, 0.15) is 0 Å². The van der Waals surface area contributed by atoms with E-state index in [0.717, 1.165) is 18.5 Å². The van der Waals surface area contributed by atoms with Crippen LogP contribution in [0.5, 0.6) is 0 Å². The van der Waals surface area contributed by atoms with Crippen molar-refractivity contribution in [1.29, 1.82) is 0 Å². The van der Waals surface area contributed by atoms with Crippen molar-refractivity contribution in [3.8, 4) is 0 Å². The van der Waals surface area contributed by atoms with E-state index >= 15 is 0 Å². The second kappa shape index (κ2) is 4.49. The summed E-state index contributed by atoms with van der Waals surface area (Å²) in [4.78, 5) is 14.1. The molecule has 4 N–H and O–H groups in total. The van der Waals surface area contributed by atoms with Gasteiger partial charge in [-0.05, 0) is 31.0 Å². The molecule has 2 rings (SSSR count). The van der Waals surface area contributed by atoms with Crippen molar-refractivity contribution in [3.05, 3.63) is 23.8 Å². The number of rotatable bonds is 4. The number of benzene rings is 1. The Bertz CT molecular complexity index is 467. The molecule has 0 bridgehead atoms. The van der Waals surface area contributed by atoms with Crippen LogP contribution in [0, 0.1) is 0 Å². The quantitative estimate of drug-likeness (QED) is 0.682. The fraction of sp³-hybridized carbons (Fsp3) is 0.462. The molecule has 5 heteroatoms. The molecule has 0 aliphatic heterocycles. The third-order valence-corrected chi connectivity index (χ3v) is 3.28. The van der Waals surface area contributed by atoms with Gasteiger partial charge in [-0.2, -0.15) is 0 Å². The number of nitrogens with two attached hydrogens (primary N) is 1. The van der Waals surface area contributed by atoms with Gasteiger partial charge in [0.25, 0.3) is 5.91 Å². The lowest BCUT2D eigenvalue weighted by Crippen LogP contribution is -2.40. The molecule has 0 saturated heterocycles. The maximum Gasteiger partial charge on any atom is 0.253 e. The molecule has 0 unspecified atom stereocenters. The summed E-state index contributed by atoms with van der Waals surface area (Å²) in [6, 6.07) is 5.26. The van der Waals surface area contributed by atoms with E-state index in [1.165, 1.54) is 0 Å². The van der Waals surface area contributed by atoms with Crippen LogP contribution >= 0.6 is 0 Å². The molecule has 1 amide bonds. The van der Waals surface area contributed by atoms with E-state index < -0.39 is 5.54 Å². The monoisotopic (exact) mass is 249 g/mol. The molecule has 0 radical (unpaired) electrons. The van der Waals surface area contributed by atoms with Crippen LogP contribution in [0.15, 0.2) is 18.2 Å². The molecule has 0 heterocycles. The zero-order valence-corrected chi connectivity index (χ0v) is 10.7. The first-order chi connectivity index (χ1) is 8.47. The highest BCUT2D eigenvalue weighted by Gasteiger charge is 2.43. The van der Waals surface area contributed by atoms with Crippen molar-refractivity contribution in [1.82, 2.24) is 5.32 Å². The van der Waals surface area contributed by atoms with Crippen molar-refractivity contribution in [2.24, 2.45) is 0 Å². The van der Waals surface area contributed by atoms with Crippen LogP contribution in [0.4, 0.5) is 11.4 Å². The number of carbonyl (C=O) groups excluding carboxylic acids is 1. The van der Waals surface area contributed by atoms with E-state index in [4.69, 9.17) is 5.73 Å². The number of aliphatic hydroxyl groups excluding tert-OH is 1. The van der Waals surface area contributed by atoms with Gasteiger partial charge in [-0.3, -0.25) is 4.79 Å². The summed E-state index contributed by atoms with van der Waals surface area (Å²) < 4.78 is 0. The number of nitrogen functional groups attached to an aromatic ring is 1. The Balaban J connectivity index is 2.26. The zero-order valence-electron chi connectivity index (χ0n) is 10.7.